The maximum absolute atomic E-state index is 13.2. The highest BCUT2D eigenvalue weighted by Crippen LogP contribution is 2.25. The Hall–Kier alpha value is -4.88. The molecule has 2 N–H and O–H groups in total. The van der Waals surface area contributed by atoms with Gasteiger partial charge in [0, 0.05) is 23.8 Å². The van der Waals surface area contributed by atoms with Crippen LogP contribution in [0.1, 0.15) is 21.5 Å². The van der Waals surface area contributed by atoms with Crippen LogP contribution in [0.5, 0.6) is 5.75 Å². The summed E-state index contributed by atoms with van der Waals surface area (Å²) in [7, 11) is 0. The average Bonchev–Trinajstić information content (AvgIpc) is 3.52. The zero-order chi connectivity index (χ0) is 27.9. The van der Waals surface area contributed by atoms with Crippen LogP contribution in [0, 0.1) is 0 Å². The first-order valence-corrected chi connectivity index (χ1v) is 13.0. The molecule has 0 bridgehead atoms. The molecule has 0 fully saturated rings. The smallest absolute Gasteiger partial charge is 0.326 e. The Morgan fingerprint density at radius 2 is 1.57 bits per heavy atom. The second-order valence-electron chi connectivity index (χ2n) is 9.18. The van der Waals surface area contributed by atoms with E-state index in [-0.39, 0.29) is 18.6 Å². The van der Waals surface area contributed by atoms with Gasteiger partial charge in [-0.3, -0.25) is 4.79 Å². The van der Waals surface area contributed by atoms with Gasteiger partial charge in [-0.1, -0.05) is 78.3 Å². The lowest BCUT2D eigenvalue weighted by Crippen LogP contribution is -2.42. The molecule has 0 radical (unpaired) electrons. The van der Waals surface area contributed by atoms with Crippen LogP contribution in [-0.2, 0) is 17.8 Å². The molecule has 4 aromatic carbocycles. The number of aromatic nitrogens is 2. The summed E-state index contributed by atoms with van der Waals surface area (Å²) in [5, 5.41) is 17.0. The summed E-state index contributed by atoms with van der Waals surface area (Å²) < 4.78 is 7.71. The molecule has 0 unspecified atom stereocenters. The van der Waals surface area contributed by atoms with Gasteiger partial charge in [0.25, 0.3) is 5.91 Å². The highest BCUT2D eigenvalue weighted by atomic mass is 35.5. The van der Waals surface area contributed by atoms with E-state index >= 15 is 0 Å². The van der Waals surface area contributed by atoms with Crippen molar-refractivity contribution in [1.82, 2.24) is 15.1 Å². The standard InChI is InChI=1S/C32H26ClN3O4/c33-26-13-16-30(40-21-23-9-14-27(15-10-23)36-18-4-17-34-36)28(20-26)31(37)35-29(32(38)39)19-22-7-11-25(12-8-22)24-5-2-1-3-6-24/h1-18,20,29H,19,21H2,(H,35,37)(H,38,39)/t29-/m0/s1. The maximum atomic E-state index is 13.2. The predicted octanol–water partition coefficient (Wildman–Crippen LogP) is 6.20. The van der Waals surface area contributed by atoms with Crippen LogP contribution >= 0.6 is 11.6 Å². The predicted molar refractivity (Wildman–Crippen MR) is 154 cm³/mol. The minimum Gasteiger partial charge on any atom is -0.488 e. The fraction of sp³-hybridized carbons (Fsp3) is 0.0938. The van der Waals surface area contributed by atoms with E-state index in [1.165, 1.54) is 6.07 Å². The van der Waals surface area contributed by atoms with Gasteiger partial charge < -0.3 is 15.2 Å². The number of aliphatic carboxylic acids is 1. The highest BCUT2D eigenvalue weighted by Gasteiger charge is 2.23. The molecule has 200 valence electrons. The molecule has 7 nitrogen and oxygen atoms in total. The molecule has 1 heterocycles. The van der Waals surface area contributed by atoms with E-state index in [1.54, 1.807) is 23.0 Å². The summed E-state index contributed by atoms with van der Waals surface area (Å²) in [6.07, 6.45) is 3.68. The van der Waals surface area contributed by atoms with Crippen molar-refractivity contribution in [3.8, 4) is 22.6 Å². The van der Waals surface area contributed by atoms with Crippen molar-refractivity contribution in [2.45, 2.75) is 19.1 Å². The molecule has 0 saturated heterocycles. The minimum atomic E-state index is -1.14. The van der Waals surface area contributed by atoms with Gasteiger partial charge in [-0.05, 0) is 58.7 Å². The number of halogens is 1. The Labute approximate surface area is 236 Å². The molecule has 5 aromatic rings. The van der Waals surface area contributed by atoms with Crippen molar-refractivity contribution in [3.05, 3.63) is 137 Å². The van der Waals surface area contributed by atoms with Crippen molar-refractivity contribution in [2.24, 2.45) is 0 Å². The largest absolute Gasteiger partial charge is 0.488 e. The van der Waals surface area contributed by atoms with Crippen molar-refractivity contribution < 1.29 is 19.4 Å². The Kier molecular flexibility index (Phi) is 8.23. The van der Waals surface area contributed by atoms with E-state index < -0.39 is 17.9 Å². The van der Waals surface area contributed by atoms with Gasteiger partial charge in [0.1, 0.15) is 18.4 Å². The zero-order valence-corrected chi connectivity index (χ0v) is 22.2. The van der Waals surface area contributed by atoms with Crippen LogP contribution in [-0.4, -0.2) is 32.8 Å². The normalized spacial score (nSPS) is 11.5. The van der Waals surface area contributed by atoms with Crippen LogP contribution in [0.15, 0.2) is 116 Å². The fourth-order valence-electron chi connectivity index (χ4n) is 4.27. The molecule has 0 aliphatic heterocycles. The number of ether oxygens (including phenoxy) is 1. The molecule has 0 aliphatic rings. The minimum absolute atomic E-state index is 0.121. The van der Waals surface area contributed by atoms with Crippen LogP contribution < -0.4 is 10.1 Å². The third-order valence-corrected chi connectivity index (χ3v) is 6.63. The number of hydrogen-bond acceptors (Lipinski definition) is 4. The van der Waals surface area contributed by atoms with Crippen molar-refractivity contribution in [1.29, 1.82) is 0 Å². The second kappa shape index (κ2) is 12.3. The topological polar surface area (TPSA) is 93.5 Å². The molecule has 0 saturated carbocycles. The SMILES string of the molecule is O=C(N[C@@H](Cc1ccc(-c2ccccc2)cc1)C(=O)O)c1cc(Cl)ccc1OCc1ccc(-n2cccn2)cc1. The lowest BCUT2D eigenvalue weighted by atomic mass is 10.0. The first-order valence-electron chi connectivity index (χ1n) is 12.7. The van der Waals surface area contributed by atoms with Gasteiger partial charge in [0.15, 0.2) is 0 Å². The van der Waals surface area contributed by atoms with Crippen LogP contribution in [0.4, 0.5) is 0 Å². The number of benzene rings is 4. The zero-order valence-electron chi connectivity index (χ0n) is 21.4. The number of carbonyl (C=O) groups excluding carboxylic acids is 1. The number of carboxylic acids is 1. The number of rotatable bonds is 10. The highest BCUT2D eigenvalue weighted by molar-refractivity contribution is 6.31. The Morgan fingerprint density at radius 1 is 0.875 bits per heavy atom. The summed E-state index contributed by atoms with van der Waals surface area (Å²) in [6.45, 7) is 0.206. The van der Waals surface area contributed by atoms with Gasteiger partial charge in [-0.25, -0.2) is 9.48 Å². The van der Waals surface area contributed by atoms with E-state index in [9.17, 15) is 14.7 Å². The number of carbonyl (C=O) groups is 2. The molecule has 0 spiro atoms. The lowest BCUT2D eigenvalue weighted by Gasteiger charge is -2.17. The molecule has 40 heavy (non-hydrogen) atoms. The summed E-state index contributed by atoms with van der Waals surface area (Å²) in [4.78, 5) is 25.3. The summed E-state index contributed by atoms with van der Waals surface area (Å²) in [6, 6.07) is 30.6. The Balaban J connectivity index is 1.26. The number of carboxylic acid groups (broad SMARTS) is 1. The maximum Gasteiger partial charge on any atom is 0.326 e. The third kappa shape index (κ3) is 6.57. The Bertz CT molecular complexity index is 1590. The molecule has 5 rings (SSSR count). The van der Waals surface area contributed by atoms with Crippen LogP contribution in [0.3, 0.4) is 0 Å². The van der Waals surface area contributed by atoms with E-state index in [0.717, 1.165) is 27.9 Å². The summed E-state index contributed by atoms with van der Waals surface area (Å²) in [5.41, 5.74) is 4.84. The fourth-order valence-corrected chi connectivity index (χ4v) is 4.44. The third-order valence-electron chi connectivity index (χ3n) is 6.39. The first kappa shape index (κ1) is 26.7. The van der Waals surface area contributed by atoms with E-state index in [1.807, 2.05) is 91.1 Å². The van der Waals surface area contributed by atoms with E-state index in [0.29, 0.717) is 10.8 Å². The van der Waals surface area contributed by atoms with Gasteiger partial charge >= 0.3 is 5.97 Å². The summed E-state index contributed by atoms with van der Waals surface area (Å²) in [5.74, 6) is -1.42. The molecular formula is C32H26ClN3O4. The Morgan fingerprint density at radius 3 is 2.25 bits per heavy atom. The molecular weight excluding hydrogens is 526 g/mol. The molecule has 1 amide bonds. The molecule has 0 aliphatic carbocycles. The van der Waals surface area contributed by atoms with Crippen LogP contribution in [0.25, 0.3) is 16.8 Å². The molecule has 1 aromatic heterocycles. The van der Waals surface area contributed by atoms with E-state index in [4.69, 9.17) is 16.3 Å². The van der Waals surface area contributed by atoms with Crippen molar-refractivity contribution >= 4 is 23.5 Å². The molecule has 1 atom stereocenters. The number of nitrogens with one attached hydrogen (secondary N) is 1. The summed E-state index contributed by atoms with van der Waals surface area (Å²) >= 11 is 6.18. The lowest BCUT2D eigenvalue weighted by molar-refractivity contribution is -0.139. The quantitative estimate of drug-likeness (QED) is 0.216. The number of amides is 1. The number of hydrogen-bond donors (Lipinski definition) is 2. The van der Waals surface area contributed by atoms with Gasteiger partial charge in [-0.2, -0.15) is 5.10 Å². The van der Waals surface area contributed by atoms with Gasteiger partial charge in [0.2, 0.25) is 0 Å². The van der Waals surface area contributed by atoms with Crippen molar-refractivity contribution in [3.63, 3.8) is 0 Å². The van der Waals surface area contributed by atoms with Gasteiger partial charge in [-0.15, -0.1) is 0 Å². The van der Waals surface area contributed by atoms with Crippen molar-refractivity contribution in [2.75, 3.05) is 0 Å². The number of nitrogens with zero attached hydrogens (tertiary/aromatic N) is 2. The second-order valence-corrected chi connectivity index (χ2v) is 9.61. The first-order chi connectivity index (χ1) is 19.5. The average molecular weight is 552 g/mol. The monoisotopic (exact) mass is 551 g/mol. The molecule has 8 heteroatoms. The van der Waals surface area contributed by atoms with Gasteiger partial charge in [0.05, 0.1) is 11.3 Å². The van der Waals surface area contributed by atoms with Crippen LogP contribution in [0.2, 0.25) is 5.02 Å². The van der Waals surface area contributed by atoms with E-state index in [2.05, 4.69) is 10.4 Å².